The molecule has 5 aromatic rings. The maximum Gasteiger partial charge on any atom is 0.330 e. The van der Waals surface area contributed by atoms with Gasteiger partial charge in [-0.2, -0.15) is 0 Å². The number of benzene rings is 4. The van der Waals surface area contributed by atoms with Gasteiger partial charge in [0.05, 0.1) is 33.5 Å². The number of aromatic nitrogens is 2. The molecule has 14 heteroatoms. The molecule has 6 rings (SSSR count). The minimum absolute atomic E-state index is 0.0633. The van der Waals surface area contributed by atoms with Crippen LogP contribution in [-0.2, 0) is 30.5 Å². The average Bonchev–Trinajstić information content (AvgIpc) is 3.66. The lowest BCUT2D eigenvalue weighted by atomic mass is 9.80. The SMILES string of the molecule is COc1ccc(C(OCC2OC(n3cc(C)c(=O)[nH]c3=O)CC2OP(OCCc2ccccc2SSC(C)(C)C)N(C(C)C)C(C)C)(c2ccccc2)c2ccc(OC)cc2)cc1. The summed E-state index contributed by atoms with van der Waals surface area (Å²) in [6, 6.07) is 34.5. The van der Waals surface area contributed by atoms with Gasteiger partial charge in [-0.1, -0.05) is 115 Å². The van der Waals surface area contributed by atoms with Crippen LogP contribution in [0.2, 0.25) is 0 Å². The number of methoxy groups -OCH3 is 2. The molecule has 1 fully saturated rings. The van der Waals surface area contributed by atoms with E-state index >= 15 is 0 Å². The minimum Gasteiger partial charge on any atom is -0.497 e. The first-order valence-electron chi connectivity index (χ1n) is 21.4. The predicted octanol–water partition coefficient (Wildman–Crippen LogP) is 10.7. The molecule has 0 saturated carbocycles. The molecule has 0 radical (unpaired) electrons. The molecule has 0 aliphatic carbocycles. The van der Waals surface area contributed by atoms with Gasteiger partial charge in [-0.25, -0.2) is 9.46 Å². The molecule has 0 spiro atoms. The van der Waals surface area contributed by atoms with Crippen molar-refractivity contribution in [3.63, 3.8) is 0 Å². The minimum atomic E-state index is -1.65. The number of nitrogens with one attached hydrogen (secondary N) is 1. The van der Waals surface area contributed by atoms with E-state index in [1.165, 1.54) is 15.0 Å². The fraction of sp³-hybridized carbons (Fsp3) is 0.429. The second-order valence-electron chi connectivity index (χ2n) is 17.1. The number of aromatic amines is 1. The highest BCUT2D eigenvalue weighted by molar-refractivity contribution is 8.77. The Hall–Kier alpha value is -3.91. The second kappa shape index (κ2) is 21.8. The van der Waals surface area contributed by atoms with Crippen LogP contribution in [0.15, 0.2) is 124 Å². The summed E-state index contributed by atoms with van der Waals surface area (Å²) >= 11 is 0. The summed E-state index contributed by atoms with van der Waals surface area (Å²) < 4.78 is 43.2. The van der Waals surface area contributed by atoms with Gasteiger partial charge in [0.1, 0.15) is 29.4 Å². The average molecular weight is 916 g/mol. The molecular weight excluding hydrogens is 854 g/mol. The van der Waals surface area contributed by atoms with Crippen molar-refractivity contribution < 1.29 is 28.0 Å². The lowest BCUT2D eigenvalue weighted by molar-refractivity contribution is -0.0926. The Morgan fingerprint density at radius 1 is 0.825 bits per heavy atom. The van der Waals surface area contributed by atoms with Crippen LogP contribution in [0.3, 0.4) is 0 Å². The van der Waals surface area contributed by atoms with E-state index in [9.17, 15) is 9.59 Å². The monoisotopic (exact) mass is 915 g/mol. The third-order valence-corrected chi connectivity index (χ3v) is 16.3. The number of H-pyrrole nitrogens is 1. The highest BCUT2D eigenvalue weighted by Crippen LogP contribution is 2.51. The number of aryl methyl sites for hydroxylation is 1. The number of nitrogens with zero attached hydrogens (tertiary/aromatic N) is 2. The number of ether oxygens (including phenoxy) is 4. The van der Waals surface area contributed by atoms with Crippen LogP contribution in [-0.4, -0.2) is 70.7 Å². The first kappa shape index (κ1) is 48.5. The number of hydrogen-bond acceptors (Lipinski definition) is 11. The van der Waals surface area contributed by atoms with Crippen molar-refractivity contribution in [1.29, 1.82) is 0 Å². The van der Waals surface area contributed by atoms with Gasteiger partial charge in [-0.05, 0) is 93.6 Å². The van der Waals surface area contributed by atoms with E-state index in [2.05, 4.69) is 94.5 Å². The molecule has 4 atom stereocenters. The van der Waals surface area contributed by atoms with Crippen molar-refractivity contribution in [3.8, 4) is 11.5 Å². The van der Waals surface area contributed by atoms with E-state index in [-0.39, 0.29) is 23.4 Å². The number of rotatable bonds is 20. The van der Waals surface area contributed by atoms with Crippen LogP contribution in [0.4, 0.5) is 0 Å². The van der Waals surface area contributed by atoms with Crippen LogP contribution in [0.5, 0.6) is 11.5 Å². The van der Waals surface area contributed by atoms with E-state index in [0.717, 1.165) is 16.7 Å². The topological polar surface area (TPSA) is 113 Å². The molecule has 1 aliphatic heterocycles. The third kappa shape index (κ3) is 12.1. The second-order valence-corrected chi connectivity index (χ2v) is 21.5. The zero-order valence-corrected chi connectivity index (χ0v) is 40.6. The zero-order valence-electron chi connectivity index (χ0n) is 38.0. The van der Waals surface area contributed by atoms with Crippen LogP contribution in [0, 0.1) is 6.92 Å². The lowest BCUT2D eigenvalue weighted by Gasteiger charge is -2.39. The Morgan fingerprint density at radius 3 is 1.97 bits per heavy atom. The summed E-state index contributed by atoms with van der Waals surface area (Å²) in [4.78, 5) is 29.6. The van der Waals surface area contributed by atoms with Crippen LogP contribution in [0.1, 0.15) is 88.9 Å². The first-order valence-corrected chi connectivity index (χ1v) is 24.7. The van der Waals surface area contributed by atoms with E-state index < -0.39 is 43.8 Å². The van der Waals surface area contributed by atoms with Crippen LogP contribution >= 0.6 is 30.1 Å². The molecule has 0 amide bonds. The molecule has 1 aromatic heterocycles. The Balaban J connectivity index is 1.38. The summed E-state index contributed by atoms with van der Waals surface area (Å²) in [5.74, 6) is 1.43. The van der Waals surface area contributed by atoms with E-state index in [0.29, 0.717) is 36.5 Å². The van der Waals surface area contributed by atoms with Gasteiger partial charge in [0, 0.05) is 39.9 Å². The molecule has 11 nitrogen and oxygen atoms in total. The maximum absolute atomic E-state index is 13.4. The molecule has 338 valence electrons. The van der Waals surface area contributed by atoms with Gasteiger partial charge in [0.15, 0.2) is 0 Å². The Kier molecular flexibility index (Phi) is 16.8. The highest BCUT2D eigenvalue weighted by Gasteiger charge is 2.45. The van der Waals surface area contributed by atoms with E-state index in [4.69, 9.17) is 28.0 Å². The molecular formula is C49H62N3O8PS2. The zero-order chi connectivity index (χ0) is 45.3. The molecule has 1 aliphatic rings. The molecule has 4 aromatic carbocycles. The summed E-state index contributed by atoms with van der Waals surface area (Å²) in [5, 5.41) is 0. The van der Waals surface area contributed by atoms with Crippen molar-refractivity contribution in [2.75, 3.05) is 27.4 Å². The van der Waals surface area contributed by atoms with Gasteiger partial charge >= 0.3 is 5.69 Å². The van der Waals surface area contributed by atoms with Crippen LogP contribution < -0.4 is 20.7 Å². The largest absolute Gasteiger partial charge is 0.497 e. The van der Waals surface area contributed by atoms with Crippen molar-refractivity contribution in [1.82, 2.24) is 14.2 Å². The maximum atomic E-state index is 13.4. The van der Waals surface area contributed by atoms with Gasteiger partial charge in [0.2, 0.25) is 0 Å². The molecule has 4 unspecified atom stereocenters. The lowest BCUT2D eigenvalue weighted by Crippen LogP contribution is -2.39. The molecule has 1 N–H and O–H groups in total. The first-order chi connectivity index (χ1) is 30.1. The Bertz CT molecular complexity index is 2280. The summed E-state index contributed by atoms with van der Waals surface area (Å²) in [7, 11) is 5.28. The Morgan fingerprint density at radius 2 is 1.40 bits per heavy atom. The van der Waals surface area contributed by atoms with Gasteiger partial charge in [0.25, 0.3) is 14.1 Å². The molecule has 2 heterocycles. The van der Waals surface area contributed by atoms with Crippen molar-refractivity contribution in [3.05, 3.63) is 158 Å². The summed E-state index contributed by atoms with van der Waals surface area (Å²) in [5.41, 5.74) is 2.13. The van der Waals surface area contributed by atoms with Gasteiger partial charge in [-0.15, -0.1) is 0 Å². The fourth-order valence-corrected chi connectivity index (χ4v) is 11.7. The van der Waals surface area contributed by atoms with Crippen LogP contribution in [0.25, 0.3) is 0 Å². The predicted molar refractivity (Wildman–Crippen MR) is 256 cm³/mol. The molecule has 1 saturated heterocycles. The van der Waals surface area contributed by atoms with Gasteiger partial charge in [-0.3, -0.25) is 14.3 Å². The fourth-order valence-electron chi connectivity index (χ4n) is 7.65. The summed E-state index contributed by atoms with van der Waals surface area (Å²) in [6.45, 7) is 17.4. The quantitative estimate of drug-likeness (QED) is 0.0457. The normalized spacial score (nSPS) is 17.4. The van der Waals surface area contributed by atoms with Crippen molar-refractivity contribution in [2.24, 2.45) is 0 Å². The van der Waals surface area contributed by atoms with Crippen molar-refractivity contribution >= 4 is 30.1 Å². The smallest absolute Gasteiger partial charge is 0.330 e. The highest BCUT2D eigenvalue weighted by atomic mass is 33.1. The number of hydrogen-bond donors (Lipinski definition) is 1. The van der Waals surface area contributed by atoms with Crippen molar-refractivity contribution in [2.45, 2.75) is 114 Å². The van der Waals surface area contributed by atoms with Gasteiger partial charge < -0.3 is 28.0 Å². The van der Waals surface area contributed by atoms with E-state index in [1.807, 2.05) is 77.5 Å². The van der Waals surface area contributed by atoms with E-state index in [1.54, 1.807) is 38.1 Å². The third-order valence-electron chi connectivity index (χ3n) is 10.7. The molecule has 63 heavy (non-hydrogen) atoms. The Labute approximate surface area is 381 Å². The summed E-state index contributed by atoms with van der Waals surface area (Å²) in [6.07, 6.45) is 0.551. The standard InChI is InChI=1S/C49H62N3O8PS2/c1-33(2)52(34(3)4)61(58-29-28-36-16-14-15-19-44(36)62-63-48(6,7)8)60-42-30-45(51-31-35(5)46(53)50-47(51)54)59-43(42)32-57-49(37-17-12-11-13-18-37,38-20-24-40(55-9)25-21-38)39-22-26-41(56-10)27-23-39/h11-27,31,33-34,42-43,45H,28-30,32H2,1-10H3,(H,50,53,54). The molecule has 0 bridgehead atoms.